The molecule has 1 N–H and O–H groups in total. The van der Waals surface area contributed by atoms with Crippen LogP contribution in [-0.4, -0.2) is 37.0 Å². The molecule has 1 aliphatic carbocycles. The Balaban J connectivity index is 1.46. The minimum atomic E-state index is -0.192. The molecule has 4 heteroatoms. The Hall–Kier alpha value is -1.42. The number of halogens is 1. The fourth-order valence-electron chi connectivity index (χ4n) is 2.82. The van der Waals surface area contributed by atoms with Gasteiger partial charge in [0.2, 0.25) is 5.91 Å². The molecule has 0 aromatic heterocycles. The highest BCUT2D eigenvalue weighted by atomic mass is 19.1. The summed E-state index contributed by atoms with van der Waals surface area (Å²) in [7, 11) is 0. The molecule has 1 amide bonds. The monoisotopic (exact) mass is 276 g/mol. The number of hydrogen-bond donors (Lipinski definition) is 1. The molecule has 1 aromatic carbocycles. The van der Waals surface area contributed by atoms with Crippen molar-refractivity contribution in [2.45, 2.75) is 25.2 Å². The SMILES string of the molecule is O=C(CN1CCC(c2ccc(F)cc2)C1)NCC1CC1. The van der Waals surface area contributed by atoms with E-state index in [9.17, 15) is 9.18 Å². The number of benzene rings is 1. The highest BCUT2D eigenvalue weighted by Crippen LogP contribution is 2.28. The Bertz CT molecular complexity index is 470. The zero-order valence-corrected chi connectivity index (χ0v) is 11.6. The van der Waals surface area contributed by atoms with E-state index < -0.39 is 0 Å². The summed E-state index contributed by atoms with van der Waals surface area (Å²) in [5, 5.41) is 3.00. The van der Waals surface area contributed by atoms with Crippen molar-refractivity contribution in [1.29, 1.82) is 0 Å². The van der Waals surface area contributed by atoms with Gasteiger partial charge in [-0.3, -0.25) is 9.69 Å². The Kier molecular flexibility index (Phi) is 4.01. The van der Waals surface area contributed by atoms with Crippen LogP contribution in [-0.2, 0) is 4.79 Å². The molecule has 0 bridgehead atoms. The quantitative estimate of drug-likeness (QED) is 0.893. The number of rotatable bonds is 5. The predicted molar refractivity (Wildman–Crippen MR) is 75.9 cm³/mol. The van der Waals surface area contributed by atoms with E-state index in [-0.39, 0.29) is 11.7 Å². The molecule has 1 aliphatic heterocycles. The Morgan fingerprint density at radius 2 is 2.00 bits per heavy atom. The third-order valence-electron chi connectivity index (χ3n) is 4.27. The summed E-state index contributed by atoms with van der Waals surface area (Å²) in [6.07, 6.45) is 3.56. The number of likely N-dealkylation sites (tertiary alicyclic amines) is 1. The molecule has 1 saturated carbocycles. The standard InChI is InChI=1S/C16H21FN2O/c17-15-5-3-13(4-6-15)14-7-8-19(10-14)11-16(20)18-9-12-1-2-12/h3-6,12,14H,1-2,7-11H2,(H,18,20). The first-order chi connectivity index (χ1) is 9.70. The van der Waals surface area contributed by atoms with E-state index in [2.05, 4.69) is 10.2 Å². The van der Waals surface area contributed by atoms with Crippen LogP contribution < -0.4 is 5.32 Å². The van der Waals surface area contributed by atoms with Crippen LogP contribution in [0.2, 0.25) is 0 Å². The number of nitrogens with one attached hydrogen (secondary N) is 1. The summed E-state index contributed by atoms with van der Waals surface area (Å²) < 4.78 is 12.9. The van der Waals surface area contributed by atoms with Crippen molar-refractivity contribution in [2.75, 3.05) is 26.2 Å². The van der Waals surface area contributed by atoms with E-state index in [1.54, 1.807) is 0 Å². The molecule has 1 atom stereocenters. The molecule has 2 aliphatic rings. The average Bonchev–Trinajstić information content (AvgIpc) is 3.16. The minimum absolute atomic E-state index is 0.136. The van der Waals surface area contributed by atoms with E-state index in [0.29, 0.717) is 12.5 Å². The lowest BCUT2D eigenvalue weighted by molar-refractivity contribution is -0.122. The van der Waals surface area contributed by atoms with Crippen LogP contribution in [0.25, 0.3) is 0 Å². The van der Waals surface area contributed by atoms with Gasteiger partial charge in [-0.15, -0.1) is 0 Å². The highest BCUT2D eigenvalue weighted by molar-refractivity contribution is 5.78. The number of amides is 1. The second kappa shape index (κ2) is 5.92. The maximum atomic E-state index is 12.9. The van der Waals surface area contributed by atoms with Crippen molar-refractivity contribution >= 4 is 5.91 Å². The summed E-state index contributed by atoms with van der Waals surface area (Å²) in [6.45, 7) is 3.17. The minimum Gasteiger partial charge on any atom is -0.355 e. The van der Waals surface area contributed by atoms with Crippen LogP contribution in [0.4, 0.5) is 4.39 Å². The van der Waals surface area contributed by atoms with Crippen molar-refractivity contribution in [2.24, 2.45) is 5.92 Å². The van der Waals surface area contributed by atoms with Gasteiger partial charge in [0, 0.05) is 13.1 Å². The van der Waals surface area contributed by atoms with Crippen LogP contribution in [0.1, 0.15) is 30.7 Å². The van der Waals surface area contributed by atoms with E-state index in [4.69, 9.17) is 0 Å². The Morgan fingerprint density at radius 3 is 2.70 bits per heavy atom. The molecular formula is C16H21FN2O. The zero-order chi connectivity index (χ0) is 13.9. The van der Waals surface area contributed by atoms with Crippen molar-refractivity contribution in [3.63, 3.8) is 0 Å². The van der Waals surface area contributed by atoms with Gasteiger partial charge < -0.3 is 5.32 Å². The predicted octanol–water partition coefficient (Wildman–Crippen LogP) is 2.14. The molecule has 20 heavy (non-hydrogen) atoms. The molecule has 108 valence electrons. The fourth-order valence-corrected chi connectivity index (χ4v) is 2.82. The molecule has 0 radical (unpaired) electrons. The Morgan fingerprint density at radius 1 is 1.25 bits per heavy atom. The van der Waals surface area contributed by atoms with Gasteiger partial charge in [-0.25, -0.2) is 4.39 Å². The molecule has 1 saturated heterocycles. The molecule has 1 aromatic rings. The molecule has 0 spiro atoms. The largest absolute Gasteiger partial charge is 0.355 e. The van der Waals surface area contributed by atoms with Crippen LogP contribution in [0.15, 0.2) is 24.3 Å². The number of hydrogen-bond acceptors (Lipinski definition) is 2. The summed E-state index contributed by atoms with van der Waals surface area (Å²) in [6, 6.07) is 6.74. The summed E-state index contributed by atoms with van der Waals surface area (Å²) in [5.74, 6) is 1.09. The lowest BCUT2D eigenvalue weighted by atomic mass is 9.99. The van der Waals surface area contributed by atoms with Crippen LogP contribution >= 0.6 is 0 Å². The first-order valence-corrected chi connectivity index (χ1v) is 7.45. The van der Waals surface area contributed by atoms with E-state index in [1.165, 1.54) is 30.5 Å². The smallest absolute Gasteiger partial charge is 0.234 e. The van der Waals surface area contributed by atoms with Gasteiger partial charge in [0.25, 0.3) is 0 Å². The second-order valence-corrected chi connectivity index (χ2v) is 6.02. The van der Waals surface area contributed by atoms with Crippen LogP contribution in [0, 0.1) is 11.7 Å². The van der Waals surface area contributed by atoms with Gasteiger partial charge >= 0.3 is 0 Å². The molecule has 1 heterocycles. The summed E-state index contributed by atoms with van der Waals surface area (Å²) in [4.78, 5) is 14.0. The van der Waals surface area contributed by atoms with Gasteiger partial charge in [0.05, 0.1) is 6.54 Å². The second-order valence-electron chi connectivity index (χ2n) is 6.02. The van der Waals surface area contributed by atoms with Crippen LogP contribution in [0.5, 0.6) is 0 Å². The fraction of sp³-hybridized carbons (Fsp3) is 0.562. The third kappa shape index (κ3) is 3.57. The molecule has 3 rings (SSSR count). The van der Waals surface area contributed by atoms with Gasteiger partial charge in [-0.1, -0.05) is 12.1 Å². The number of nitrogens with zero attached hydrogens (tertiary/aromatic N) is 1. The third-order valence-corrected chi connectivity index (χ3v) is 4.27. The number of carbonyl (C=O) groups excluding carboxylic acids is 1. The summed E-state index contributed by atoms with van der Waals surface area (Å²) in [5.41, 5.74) is 1.17. The van der Waals surface area contributed by atoms with E-state index in [0.717, 1.165) is 32.0 Å². The molecule has 2 fully saturated rings. The van der Waals surface area contributed by atoms with Crippen molar-refractivity contribution in [1.82, 2.24) is 10.2 Å². The van der Waals surface area contributed by atoms with E-state index >= 15 is 0 Å². The van der Waals surface area contributed by atoms with Gasteiger partial charge in [0.15, 0.2) is 0 Å². The van der Waals surface area contributed by atoms with E-state index in [1.807, 2.05) is 12.1 Å². The summed E-state index contributed by atoms with van der Waals surface area (Å²) >= 11 is 0. The van der Waals surface area contributed by atoms with Crippen LogP contribution in [0.3, 0.4) is 0 Å². The lowest BCUT2D eigenvalue weighted by Crippen LogP contribution is -2.36. The molecular weight excluding hydrogens is 255 g/mol. The first-order valence-electron chi connectivity index (χ1n) is 7.45. The molecule has 3 nitrogen and oxygen atoms in total. The first kappa shape index (κ1) is 13.6. The maximum absolute atomic E-state index is 12.9. The zero-order valence-electron chi connectivity index (χ0n) is 11.6. The van der Waals surface area contributed by atoms with Gasteiger partial charge in [-0.05, 0) is 55.3 Å². The topological polar surface area (TPSA) is 32.3 Å². The van der Waals surface area contributed by atoms with Crippen molar-refractivity contribution in [3.05, 3.63) is 35.6 Å². The molecule has 1 unspecified atom stereocenters. The van der Waals surface area contributed by atoms with Crippen molar-refractivity contribution < 1.29 is 9.18 Å². The Labute approximate surface area is 119 Å². The highest BCUT2D eigenvalue weighted by Gasteiger charge is 2.26. The normalized spacial score (nSPS) is 22.9. The van der Waals surface area contributed by atoms with Crippen molar-refractivity contribution in [3.8, 4) is 0 Å². The van der Waals surface area contributed by atoms with Gasteiger partial charge in [-0.2, -0.15) is 0 Å². The lowest BCUT2D eigenvalue weighted by Gasteiger charge is -2.16. The average molecular weight is 276 g/mol. The van der Waals surface area contributed by atoms with Gasteiger partial charge in [0.1, 0.15) is 5.82 Å². The number of carbonyl (C=O) groups is 1. The maximum Gasteiger partial charge on any atom is 0.234 e.